The highest BCUT2D eigenvalue weighted by Crippen LogP contribution is 2.38. The van der Waals surface area contributed by atoms with Gasteiger partial charge in [-0.2, -0.15) is 13.9 Å². The number of carboxylic acids is 1. The number of hydrogen-bond donors (Lipinski definition) is 2. The van der Waals surface area contributed by atoms with Gasteiger partial charge in [0.15, 0.2) is 5.75 Å². The standard InChI is InChI=1S/C26H31ClF2N4O6/c1-16(2)19-7-11-30-33(19)25(21(34)31-18-6-5-17(27)15-20(18)39-24(28)29)9-12-32(13-10-25)22(35)26(23(36)37)8-3-4-14-38-26/h5-7,11,15-16,24H,3-4,8-10,12-14H2,1-2H3,(H,31,34)(H,36,37). The molecule has 2 aromatic rings. The molecule has 1 atom stereocenters. The number of nitrogens with zero attached hydrogens (tertiary/aromatic N) is 3. The Labute approximate surface area is 229 Å². The number of rotatable bonds is 8. The zero-order chi connectivity index (χ0) is 28.4. The number of ether oxygens (including phenoxy) is 2. The molecule has 13 heteroatoms. The first-order valence-electron chi connectivity index (χ1n) is 12.8. The van der Waals surface area contributed by atoms with Crippen molar-refractivity contribution in [3.05, 3.63) is 41.2 Å². The molecular weight excluding hydrogens is 538 g/mol. The molecule has 39 heavy (non-hydrogen) atoms. The highest BCUT2D eigenvalue weighted by molar-refractivity contribution is 6.30. The summed E-state index contributed by atoms with van der Waals surface area (Å²) in [5, 5.41) is 17.2. The van der Waals surface area contributed by atoms with Crippen LogP contribution in [-0.4, -0.2) is 69.5 Å². The Hall–Kier alpha value is -3.25. The second-order valence-electron chi connectivity index (χ2n) is 10.1. The molecular formula is C26H31ClF2N4O6. The van der Waals surface area contributed by atoms with Crippen molar-refractivity contribution < 1.29 is 37.7 Å². The number of halogens is 3. The maximum atomic E-state index is 14.0. The van der Waals surface area contributed by atoms with Crippen LogP contribution in [0.4, 0.5) is 14.5 Å². The lowest BCUT2D eigenvalue weighted by atomic mass is 9.84. The van der Waals surface area contributed by atoms with Gasteiger partial charge in [-0.25, -0.2) is 4.79 Å². The summed E-state index contributed by atoms with van der Waals surface area (Å²) in [5.74, 6) is -2.81. The first-order valence-corrected chi connectivity index (χ1v) is 13.1. The highest BCUT2D eigenvalue weighted by atomic mass is 35.5. The van der Waals surface area contributed by atoms with Crippen molar-refractivity contribution in [2.75, 3.05) is 25.0 Å². The fraction of sp³-hybridized carbons (Fsp3) is 0.538. The Morgan fingerprint density at radius 3 is 2.46 bits per heavy atom. The molecule has 0 saturated carbocycles. The molecule has 4 rings (SSSR count). The summed E-state index contributed by atoms with van der Waals surface area (Å²) in [6.07, 6.45) is 3.06. The smallest absolute Gasteiger partial charge is 0.387 e. The van der Waals surface area contributed by atoms with E-state index in [4.69, 9.17) is 16.3 Å². The number of carbonyl (C=O) groups excluding carboxylic acids is 2. The molecule has 10 nitrogen and oxygen atoms in total. The number of piperidine rings is 1. The number of likely N-dealkylation sites (tertiary alicyclic amines) is 1. The molecule has 1 aromatic heterocycles. The number of nitrogens with one attached hydrogen (secondary N) is 1. The van der Waals surface area contributed by atoms with Crippen LogP contribution >= 0.6 is 11.6 Å². The van der Waals surface area contributed by atoms with Gasteiger partial charge in [-0.05, 0) is 56.2 Å². The molecule has 2 N–H and O–H groups in total. The molecule has 1 unspecified atom stereocenters. The van der Waals surface area contributed by atoms with Crippen molar-refractivity contribution in [3.8, 4) is 5.75 Å². The molecule has 2 saturated heterocycles. The van der Waals surface area contributed by atoms with Crippen molar-refractivity contribution in [2.45, 2.75) is 69.6 Å². The number of carboxylic acid groups (broad SMARTS) is 1. The molecule has 2 amide bonds. The first kappa shape index (κ1) is 28.8. The summed E-state index contributed by atoms with van der Waals surface area (Å²) in [6, 6.07) is 5.78. The van der Waals surface area contributed by atoms with Gasteiger partial charge in [-0.3, -0.25) is 14.3 Å². The SMILES string of the molecule is CC(C)c1ccnn1C1(C(=O)Nc2ccc(Cl)cc2OC(F)F)CCN(C(=O)C2(C(=O)O)CCCCO2)CC1. The highest BCUT2D eigenvalue weighted by Gasteiger charge is 2.53. The Kier molecular flexibility index (Phi) is 8.45. The number of amides is 2. The average Bonchev–Trinajstić information content (AvgIpc) is 3.41. The van der Waals surface area contributed by atoms with E-state index < -0.39 is 35.5 Å². The van der Waals surface area contributed by atoms with Gasteiger partial charge < -0.3 is 24.8 Å². The Balaban J connectivity index is 1.65. The zero-order valence-corrected chi connectivity index (χ0v) is 22.4. The zero-order valence-electron chi connectivity index (χ0n) is 21.7. The largest absolute Gasteiger partial charge is 0.479 e. The number of hydrogen-bond acceptors (Lipinski definition) is 6. The maximum absolute atomic E-state index is 14.0. The Morgan fingerprint density at radius 1 is 1.15 bits per heavy atom. The lowest BCUT2D eigenvalue weighted by Crippen LogP contribution is -2.61. The predicted molar refractivity (Wildman–Crippen MR) is 137 cm³/mol. The second-order valence-corrected chi connectivity index (χ2v) is 10.5. The van der Waals surface area contributed by atoms with E-state index in [1.54, 1.807) is 16.9 Å². The van der Waals surface area contributed by atoms with E-state index >= 15 is 0 Å². The van der Waals surface area contributed by atoms with Crippen LogP contribution < -0.4 is 10.1 Å². The number of aliphatic carboxylic acids is 1. The van der Waals surface area contributed by atoms with Crippen LogP contribution in [0.1, 0.15) is 57.6 Å². The quantitative estimate of drug-likeness (QED) is 0.457. The topological polar surface area (TPSA) is 123 Å². The summed E-state index contributed by atoms with van der Waals surface area (Å²) in [5.41, 5.74) is -2.48. The van der Waals surface area contributed by atoms with E-state index in [9.17, 15) is 28.3 Å². The minimum Gasteiger partial charge on any atom is -0.479 e. The van der Waals surface area contributed by atoms with E-state index in [0.29, 0.717) is 12.8 Å². The minimum absolute atomic E-state index is 0.00118. The summed E-state index contributed by atoms with van der Waals surface area (Å²) in [4.78, 5) is 40.9. The molecule has 2 fully saturated rings. The van der Waals surface area contributed by atoms with Gasteiger partial charge in [0.05, 0.1) is 5.69 Å². The number of benzene rings is 1. The van der Waals surface area contributed by atoms with Gasteiger partial charge in [-0.1, -0.05) is 25.4 Å². The van der Waals surface area contributed by atoms with Crippen LogP contribution in [-0.2, 0) is 24.7 Å². The summed E-state index contributed by atoms with van der Waals surface area (Å²) >= 11 is 5.95. The third-order valence-corrected chi connectivity index (χ3v) is 7.58. The molecule has 0 spiro atoms. The van der Waals surface area contributed by atoms with E-state index in [1.165, 1.54) is 23.1 Å². The van der Waals surface area contributed by atoms with Gasteiger partial charge in [0, 0.05) is 42.7 Å². The Bertz CT molecular complexity index is 1220. The van der Waals surface area contributed by atoms with Crippen LogP contribution in [0.5, 0.6) is 5.75 Å². The van der Waals surface area contributed by atoms with Gasteiger partial charge in [-0.15, -0.1) is 0 Å². The molecule has 0 radical (unpaired) electrons. The van der Waals surface area contributed by atoms with Crippen molar-refractivity contribution >= 4 is 35.1 Å². The lowest BCUT2D eigenvalue weighted by Gasteiger charge is -2.44. The van der Waals surface area contributed by atoms with Crippen molar-refractivity contribution in [1.82, 2.24) is 14.7 Å². The van der Waals surface area contributed by atoms with Crippen LogP contribution in [0, 0.1) is 0 Å². The third kappa shape index (κ3) is 5.58. The van der Waals surface area contributed by atoms with Gasteiger partial charge >= 0.3 is 12.6 Å². The summed E-state index contributed by atoms with van der Waals surface area (Å²) < 4.78 is 37.8. The van der Waals surface area contributed by atoms with Gasteiger partial charge in [0.2, 0.25) is 5.60 Å². The third-order valence-electron chi connectivity index (χ3n) is 7.34. The fourth-order valence-corrected chi connectivity index (χ4v) is 5.40. The number of anilines is 1. The minimum atomic E-state index is -3.13. The molecule has 1 aromatic carbocycles. The molecule has 212 valence electrons. The average molecular weight is 569 g/mol. The fourth-order valence-electron chi connectivity index (χ4n) is 5.23. The van der Waals surface area contributed by atoms with Gasteiger partial charge in [0.25, 0.3) is 11.8 Å². The molecule has 3 heterocycles. The molecule has 2 aliphatic heterocycles. The van der Waals surface area contributed by atoms with Crippen molar-refractivity contribution in [3.63, 3.8) is 0 Å². The van der Waals surface area contributed by atoms with Crippen molar-refractivity contribution in [2.24, 2.45) is 0 Å². The Morgan fingerprint density at radius 2 is 1.87 bits per heavy atom. The number of alkyl halides is 2. The number of carbonyl (C=O) groups is 3. The summed E-state index contributed by atoms with van der Waals surface area (Å²) in [7, 11) is 0. The monoisotopic (exact) mass is 568 g/mol. The van der Waals surface area contributed by atoms with Gasteiger partial charge in [0.1, 0.15) is 5.54 Å². The van der Waals surface area contributed by atoms with E-state index in [-0.39, 0.29) is 61.3 Å². The molecule has 2 aliphatic rings. The normalized spacial score (nSPS) is 21.2. The van der Waals surface area contributed by atoms with E-state index in [1.807, 2.05) is 13.8 Å². The molecule has 0 aliphatic carbocycles. The predicted octanol–water partition coefficient (Wildman–Crippen LogP) is 4.24. The van der Waals surface area contributed by atoms with E-state index in [2.05, 4.69) is 15.2 Å². The van der Waals surface area contributed by atoms with Crippen LogP contribution in [0.15, 0.2) is 30.5 Å². The van der Waals surface area contributed by atoms with E-state index in [0.717, 1.165) is 5.69 Å². The molecule has 0 bridgehead atoms. The van der Waals surface area contributed by atoms with Crippen LogP contribution in [0.3, 0.4) is 0 Å². The number of aromatic nitrogens is 2. The van der Waals surface area contributed by atoms with Crippen molar-refractivity contribution in [1.29, 1.82) is 0 Å². The maximum Gasteiger partial charge on any atom is 0.387 e. The second kappa shape index (κ2) is 11.5. The summed E-state index contributed by atoms with van der Waals surface area (Å²) in [6.45, 7) is 1.05. The van der Waals surface area contributed by atoms with Crippen LogP contribution in [0.2, 0.25) is 5.02 Å². The van der Waals surface area contributed by atoms with Crippen LogP contribution in [0.25, 0.3) is 0 Å². The first-order chi connectivity index (χ1) is 18.5. The lowest BCUT2D eigenvalue weighted by molar-refractivity contribution is -0.186.